The Bertz CT molecular complexity index is 492. The lowest BCUT2D eigenvalue weighted by molar-refractivity contribution is 0.389. The van der Waals surface area contributed by atoms with Crippen molar-refractivity contribution in [2.75, 3.05) is 6.54 Å². The maximum Gasteiger partial charge on any atom is 0.0897 e. The largest absolute Gasteiger partial charge is 0.310 e. The number of rotatable bonds is 6. The summed E-state index contributed by atoms with van der Waals surface area (Å²) in [5, 5.41) is 6.94. The van der Waals surface area contributed by atoms with E-state index in [-0.39, 0.29) is 0 Å². The van der Waals surface area contributed by atoms with Crippen molar-refractivity contribution in [3.63, 3.8) is 0 Å². The van der Waals surface area contributed by atoms with Crippen LogP contribution in [0.2, 0.25) is 0 Å². The molecule has 19 heavy (non-hydrogen) atoms. The average Bonchev–Trinajstić information content (AvgIpc) is 2.82. The van der Waals surface area contributed by atoms with E-state index in [0.29, 0.717) is 12.0 Å². The third-order valence-electron chi connectivity index (χ3n) is 3.35. The van der Waals surface area contributed by atoms with Gasteiger partial charge in [0.05, 0.1) is 10.7 Å². The molecule has 2 aromatic rings. The third kappa shape index (κ3) is 3.88. The Kier molecular flexibility index (Phi) is 5.11. The van der Waals surface area contributed by atoms with E-state index in [1.54, 1.807) is 11.3 Å². The van der Waals surface area contributed by atoms with E-state index >= 15 is 0 Å². The Hall–Kier alpha value is -1.19. The molecular formula is C16H22N2S. The number of hydrogen-bond acceptors (Lipinski definition) is 3. The zero-order valence-electron chi connectivity index (χ0n) is 11.9. The van der Waals surface area contributed by atoms with Crippen molar-refractivity contribution in [2.24, 2.45) is 5.92 Å². The van der Waals surface area contributed by atoms with Gasteiger partial charge in [-0.2, -0.15) is 0 Å². The molecule has 0 amide bonds. The Morgan fingerprint density at radius 3 is 2.58 bits per heavy atom. The van der Waals surface area contributed by atoms with Gasteiger partial charge < -0.3 is 5.32 Å². The van der Waals surface area contributed by atoms with Crippen molar-refractivity contribution in [1.29, 1.82) is 0 Å². The zero-order valence-corrected chi connectivity index (χ0v) is 12.7. The van der Waals surface area contributed by atoms with E-state index in [4.69, 9.17) is 0 Å². The molecule has 0 saturated carbocycles. The molecule has 1 aromatic heterocycles. The first-order valence-electron chi connectivity index (χ1n) is 6.90. The van der Waals surface area contributed by atoms with Gasteiger partial charge in [-0.25, -0.2) is 4.98 Å². The smallest absolute Gasteiger partial charge is 0.0897 e. The number of hydrogen-bond donors (Lipinski definition) is 1. The minimum absolute atomic E-state index is 0.396. The molecule has 102 valence electrons. The van der Waals surface area contributed by atoms with Gasteiger partial charge in [-0.15, -0.1) is 11.3 Å². The summed E-state index contributed by atoms with van der Waals surface area (Å²) in [6.45, 7) is 7.52. The second-order valence-corrected chi connectivity index (χ2v) is 6.05. The highest BCUT2D eigenvalue weighted by atomic mass is 32.1. The number of aryl methyl sites for hydroxylation is 1. The van der Waals surface area contributed by atoms with E-state index in [1.807, 2.05) is 0 Å². The first-order valence-corrected chi connectivity index (χ1v) is 7.78. The molecule has 0 aliphatic rings. The van der Waals surface area contributed by atoms with E-state index in [1.165, 1.54) is 11.3 Å². The summed E-state index contributed by atoms with van der Waals surface area (Å²) >= 11 is 1.74. The van der Waals surface area contributed by atoms with Gasteiger partial charge in [0, 0.05) is 11.4 Å². The predicted octanol–water partition coefficient (Wildman–Crippen LogP) is 3.98. The van der Waals surface area contributed by atoms with Crippen LogP contribution in [0.5, 0.6) is 0 Å². The fourth-order valence-corrected chi connectivity index (χ4v) is 3.10. The molecule has 3 heteroatoms. The van der Waals surface area contributed by atoms with Crippen LogP contribution >= 0.6 is 11.3 Å². The van der Waals surface area contributed by atoms with Gasteiger partial charge in [-0.05, 0) is 31.4 Å². The Morgan fingerprint density at radius 1 is 1.26 bits per heavy atom. The second kappa shape index (κ2) is 6.83. The maximum atomic E-state index is 4.58. The minimum atomic E-state index is 0.396. The standard InChI is InChI=1S/C16H22N2S/c1-4-17-16(14-8-6-5-7-9-14)12(2)10-15-11-19-13(3)18-15/h5-9,11-12,16-17H,4,10H2,1-3H3. The maximum absolute atomic E-state index is 4.58. The van der Waals surface area contributed by atoms with E-state index in [0.717, 1.165) is 18.0 Å². The number of nitrogens with zero attached hydrogens (tertiary/aromatic N) is 1. The molecule has 2 unspecified atom stereocenters. The first kappa shape index (κ1) is 14.2. The average molecular weight is 274 g/mol. The molecule has 0 spiro atoms. The van der Waals surface area contributed by atoms with Gasteiger partial charge >= 0.3 is 0 Å². The second-order valence-electron chi connectivity index (χ2n) is 4.99. The molecule has 0 aliphatic carbocycles. The quantitative estimate of drug-likeness (QED) is 0.862. The lowest BCUT2D eigenvalue weighted by atomic mass is 9.91. The first-order chi connectivity index (χ1) is 9.20. The van der Waals surface area contributed by atoms with Gasteiger partial charge in [0.1, 0.15) is 0 Å². The number of aromatic nitrogens is 1. The summed E-state index contributed by atoms with van der Waals surface area (Å²) in [6.07, 6.45) is 1.02. The van der Waals surface area contributed by atoms with Crippen LogP contribution in [0.1, 0.15) is 36.2 Å². The van der Waals surface area contributed by atoms with Crippen molar-refractivity contribution in [3.8, 4) is 0 Å². The van der Waals surface area contributed by atoms with Gasteiger partial charge in [0.25, 0.3) is 0 Å². The molecule has 2 rings (SSSR count). The third-order valence-corrected chi connectivity index (χ3v) is 4.17. The normalized spacial score (nSPS) is 14.3. The highest BCUT2D eigenvalue weighted by Crippen LogP contribution is 2.25. The van der Waals surface area contributed by atoms with Crippen LogP contribution in [-0.2, 0) is 6.42 Å². The summed E-state index contributed by atoms with van der Waals surface area (Å²) in [7, 11) is 0. The van der Waals surface area contributed by atoms with Crippen molar-refractivity contribution < 1.29 is 0 Å². The summed E-state index contributed by atoms with van der Waals surface area (Å²) < 4.78 is 0. The molecule has 0 saturated heterocycles. The summed E-state index contributed by atoms with van der Waals surface area (Å²) in [5.74, 6) is 0.531. The molecule has 2 atom stereocenters. The van der Waals surface area contributed by atoms with Crippen molar-refractivity contribution >= 4 is 11.3 Å². The summed E-state index contributed by atoms with van der Waals surface area (Å²) in [5.41, 5.74) is 2.58. The SMILES string of the molecule is CCNC(c1ccccc1)C(C)Cc1csc(C)n1. The molecule has 0 bridgehead atoms. The lowest BCUT2D eigenvalue weighted by Gasteiger charge is -2.25. The number of thiazole rings is 1. The van der Waals surface area contributed by atoms with Crippen LogP contribution in [0.25, 0.3) is 0 Å². The molecular weight excluding hydrogens is 252 g/mol. The highest BCUT2D eigenvalue weighted by Gasteiger charge is 2.19. The topological polar surface area (TPSA) is 24.9 Å². The van der Waals surface area contributed by atoms with Gasteiger partial charge in [-0.1, -0.05) is 44.2 Å². The predicted molar refractivity (Wildman–Crippen MR) is 82.6 cm³/mol. The van der Waals surface area contributed by atoms with Gasteiger partial charge in [0.2, 0.25) is 0 Å². The lowest BCUT2D eigenvalue weighted by Crippen LogP contribution is -2.28. The Balaban J connectivity index is 2.10. The van der Waals surface area contributed by atoms with E-state index in [9.17, 15) is 0 Å². The van der Waals surface area contributed by atoms with Crippen LogP contribution in [0.15, 0.2) is 35.7 Å². The highest BCUT2D eigenvalue weighted by molar-refractivity contribution is 7.09. The Morgan fingerprint density at radius 2 is 2.00 bits per heavy atom. The minimum Gasteiger partial charge on any atom is -0.310 e. The fraction of sp³-hybridized carbons (Fsp3) is 0.438. The molecule has 1 aromatic carbocycles. The van der Waals surface area contributed by atoms with Crippen molar-refractivity contribution in [3.05, 3.63) is 52.0 Å². The molecule has 1 heterocycles. The molecule has 0 aliphatic heterocycles. The van der Waals surface area contributed by atoms with Gasteiger partial charge in [0.15, 0.2) is 0 Å². The molecule has 1 N–H and O–H groups in total. The zero-order chi connectivity index (χ0) is 13.7. The van der Waals surface area contributed by atoms with Crippen LogP contribution in [0.3, 0.4) is 0 Å². The van der Waals surface area contributed by atoms with Crippen molar-refractivity contribution in [1.82, 2.24) is 10.3 Å². The number of nitrogens with one attached hydrogen (secondary N) is 1. The van der Waals surface area contributed by atoms with Crippen LogP contribution in [0.4, 0.5) is 0 Å². The van der Waals surface area contributed by atoms with Gasteiger partial charge in [-0.3, -0.25) is 0 Å². The number of benzene rings is 1. The van der Waals surface area contributed by atoms with E-state index in [2.05, 4.69) is 66.8 Å². The molecule has 2 nitrogen and oxygen atoms in total. The summed E-state index contributed by atoms with van der Waals surface area (Å²) in [4.78, 5) is 4.58. The van der Waals surface area contributed by atoms with Crippen LogP contribution in [0, 0.1) is 12.8 Å². The molecule has 0 radical (unpaired) electrons. The van der Waals surface area contributed by atoms with Crippen molar-refractivity contribution in [2.45, 2.75) is 33.2 Å². The fourth-order valence-electron chi connectivity index (χ4n) is 2.48. The summed E-state index contributed by atoms with van der Waals surface area (Å²) in [6, 6.07) is 11.1. The monoisotopic (exact) mass is 274 g/mol. The Labute approximate surface area is 119 Å². The van der Waals surface area contributed by atoms with Crippen LogP contribution in [-0.4, -0.2) is 11.5 Å². The molecule has 0 fully saturated rings. The van der Waals surface area contributed by atoms with E-state index < -0.39 is 0 Å². The van der Waals surface area contributed by atoms with Crippen LogP contribution < -0.4 is 5.32 Å².